The molecular formula is C24H35N3O2. The van der Waals surface area contributed by atoms with E-state index in [0.717, 1.165) is 29.4 Å². The van der Waals surface area contributed by atoms with Gasteiger partial charge in [0.25, 0.3) is 0 Å². The smallest absolute Gasteiger partial charge is 0.224 e. The second kappa shape index (κ2) is 10.1. The van der Waals surface area contributed by atoms with E-state index < -0.39 is 0 Å². The lowest BCUT2D eigenvalue weighted by molar-refractivity contribution is -0.120. The van der Waals surface area contributed by atoms with Crippen LogP contribution >= 0.6 is 0 Å². The summed E-state index contributed by atoms with van der Waals surface area (Å²) < 4.78 is 5.12. The van der Waals surface area contributed by atoms with Crippen LogP contribution in [0.15, 0.2) is 28.8 Å². The van der Waals surface area contributed by atoms with Gasteiger partial charge in [0, 0.05) is 18.2 Å². The zero-order chi connectivity index (χ0) is 20.8. The summed E-state index contributed by atoms with van der Waals surface area (Å²) in [6.07, 6.45) is 4.96. The van der Waals surface area contributed by atoms with Crippen molar-refractivity contribution in [1.82, 2.24) is 15.4 Å². The number of aromatic nitrogens is 1. The number of rotatable bonds is 8. The molecule has 0 spiro atoms. The first-order valence-electron chi connectivity index (χ1n) is 10.9. The first kappa shape index (κ1) is 21.6. The first-order chi connectivity index (χ1) is 13.9. The number of carbonyl (C=O) groups excluding carboxylic acids is 1. The fourth-order valence-electron chi connectivity index (χ4n) is 4.17. The van der Waals surface area contributed by atoms with E-state index in [9.17, 15) is 4.79 Å². The quantitative estimate of drug-likeness (QED) is 0.735. The normalized spacial score (nSPS) is 15.8. The Balaban J connectivity index is 1.39. The molecule has 5 heteroatoms. The highest BCUT2D eigenvalue weighted by Crippen LogP contribution is 2.23. The Morgan fingerprint density at radius 3 is 2.41 bits per heavy atom. The molecule has 1 aromatic carbocycles. The van der Waals surface area contributed by atoms with Gasteiger partial charge >= 0.3 is 0 Å². The molecule has 2 heterocycles. The first-order valence-corrected chi connectivity index (χ1v) is 10.9. The zero-order valence-corrected chi connectivity index (χ0v) is 18.3. The van der Waals surface area contributed by atoms with Gasteiger partial charge in [-0.15, -0.1) is 0 Å². The molecule has 1 saturated heterocycles. The standard InChI is InChI=1S/C24H35N3O2/c1-17(2)27-13-10-22(11-14-27)15-21-7-5-20(6-8-21)9-12-25-24(28)16-23-18(3)26-29-19(23)4/h5-8,17,22H,9-16H2,1-4H3,(H,25,28). The van der Waals surface area contributed by atoms with Crippen molar-refractivity contribution in [2.75, 3.05) is 19.6 Å². The van der Waals surface area contributed by atoms with Gasteiger partial charge in [-0.1, -0.05) is 29.4 Å². The van der Waals surface area contributed by atoms with Crippen LogP contribution in [0.25, 0.3) is 0 Å². The fourth-order valence-corrected chi connectivity index (χ4v) is 4.17. The molecule has 5 nitrogen and oxygen atoms in total. The van der Waals surface area contributed by atoms with Gasteiger partial charge in [0.05, 0.1) is 12.1 Å². The number of hydrogen-bond donors (Lipinski definition) is 1. The van der Waals surface area contributed by atoms with E-state index >= 15 is 0 Å². The predicted octanol–water partition coefficient (Wildman–Crippen LogP) is 3.86. The average molecular weight is 398 g/mol. The number of hydrogen-bond acceptors (Lipinski definition) is 4. The molecule has 0 aliphatic carbocycles. The fraction of sp³-hybridized carbons (Fsp3) is 0.583. The van der Waals surface area contributed by atoms with Gasteiger partial charge in [0.1, 0.15) is 5.76 Å². The third kappa shape index (κ3) is 6.17. The molecule has 1 aliphatic heterocycles. The highest BCUT2D eigenvalue weighted by Gasteiger charge is 2.20. The Kier molecular flexibility index (Phi) is 7.48. The summed E-state index contributed by atoms with van der Waals surface area (Å²) in [7, 11) is 0. The molecule has 3 rings (SSSR count). The molecule has 1 aliphatic rings. The summed E-state index contributed by atoms with van der Waals surface area (Å²) >= 11 is 0. The number of aryl methyl sites for hydroxylation is 2. The molecule has 0 radical (unpaired) electrons. The summed E-state index contributed by atoms with van der Waals surface area (Å²) in [6.45, 7) is 11.4. The molecule has 0 unspecified atom stereocenters. The highest BCUT2D eigenvalue weighted by molar-refractivity contribution is 5.78. The number of benzene rings is 1. The van der Waals surface area contributed by atoms with Gasteiger partial charge < -0.3 is 14.7 Å². The summed E-state index contributed by atoms with van der Waals surface area (Å²) in [5, 5.41) is 6.91. The minimum absolute atomic E-state index is 0.0174. The van der Waals surface area contributed by atoms with Crippen LogP contribution in [0.4, 0.5) is 0 Å². The minimum Gasteiger partial charge on any atom is -0.361 e. The minimum atomic E-state index is 0.0174. The zero-order valence-electron chi connectivity index (χ0n) is 18.3. The Morgan fingerprint density at radius 2 is 1.83 bits per heavy atom. The van der Waals surface area contributed by atoms with E-state index in [1.165, 1.54) is 43.5 Å². The highest BCUT2D eigenvalue weighted by atomic mass is 16.5. The van der Waals surface area contributed by atoms with E-state index in [4.69, 9.17) is 4.52 Å². The van der Waals surface area contributed by atoms with Crippen molar-refractivity contribution in [3.8, 4) is 0 Å². The second-order valence-electron chi connectivity index (χ2n) is 8.67. The van der Waals surface area contributed by atoms with Crippen LogP contribution in [-0.2, 0) is 24.1 Å². The van der Waals surface area contributed by atoms with Gasteiger partial charge in [0.15, 0.2) is 0 Å². The predicted molar refractivity (Wildman–Crippen MR) is 116 cm³/mol. The van der Waals surface area contributed by atoms with Crippen LogP contribution in [0.3, 0.4) is 0 Å². The van der Waals surface area contributed by atoms with E-state index in [2.05, 4.69) is 53.5 Å². The molecule has 0 atom stereocenters. The maximum atomic E-state index is 12.2. The molecule has 2 aromatic rings. The SMILES string of the molecule is Cc1noc(C)c1CC(=O)NCCc1ccc(CC2CCN(C(C)C)CC2)cc1. The van der Waals surface area contributed by atoms with Crippen molar-refractivity contribution in [2.24, 2.45) is 5.92 Å². The Morgan fingerprint density at radius 1 is 1.17 bits per heavy atom. The number of likely N-dealkylation sites (tertiary alicyclic amines) is 1. The molecule has 1 aromatic heterocycles. The number of nitrogens with one attached hydrogen (secondary N) is 1. The molecule has 29 heavy (non-hydrogen) atoms. The van der Waals surface area contributed by atoms with Crippen molar-refractivity contribution in [2.45, 2.75) is 65.8 Å². The van der Waals surface area contributed by atoms with Gasteiger partial charge in [-0.3, -0.25) is 4.79 Å². The van der Waals surface area contributed by atoms with E-state index in [0.29, 0.717) is 19.0 Å². The maximum absolute atomic E-state index is 12.2. The van der Waals surface area contributed by atoms with Crippen LogP contribution in [0.2, 0.25) is 0 Å². The molecule has 1 fully saturated rings. The maximum Gasteiger partial charge on any atom is 0.224 e. The Hall–Kier alpha value is -2.14. The third-order valence-corrected chi connectivity index (χ3v) is 6.18. The number of piperidine rings is 1. The molecule has 0 saturated carbocycles. The van der Waals surface area contributed by atoms with E-state index in [-0.39, 0.29) is 5.91 Å². The Bertz CT molecular complexity index is 767. The second-order valence-corrected chi connectivity index (χ2v) is 8.67. The molecular weight excluding hydrogens is 362 g/mol. The summed E-state index contributed by atoms with van der Waals surface area (Å²) in [5.41, 5.74) is 4.38. The van der Waals surface area contributed by atoms with Crippen molar-refractivity contribution < 1.29 is 9.32 Å². The van der Waals surface area contributed by atoms with Crippen LogP contribution in [0, 0.1) is 19.8 Å². The Labute approximate surface area is 174 Å². The van der Waals surface area contributed by atoms with Crippen molar-refractivity contribution in [3.05, 3.63) is 52.4 Å². The lowest BCUT2D eigenvalue weighted by atomic mass is 9.89. The van der Waals surface area contributed by atoms with Gasteiger partial charge in [-0.25, -0.2) is 0 Å². The van der Waals surface area contributed by atoms with Crippen LogP contribution in [0.5, 0.6) is 0 Å². The average Bonchev–Trinajstić information content (AvgIpc) is 3.02. The van der Waals surface area contributed by atoms with Crippen LogP contribution in [0.1, 0.15) is 54.8 Å². The largest absolute Gasteiger partial charge is 0.361 e. The third-order valence-electron chi connectivity index (χ3n) is 6.18. The van der Waals surface area contributed by atoms with Crippen molar-refractivity contribution >= 4 is 5.91 Å². The van der Waals surface area contributed by atoms with Crippen molar-refractivity contribution in [1.29, 1.82) is 0 Å². The van der Waals surface area contributed by atoms with Crippen LogP contribution < -0.4 is 5.32 Å². The van der Waals surface area contributed by atoms with Crippen molar-refractivity contribution in [3.63, 3.8) is 0 Å². The topological polar surface area (TPSA) is 58.4 Å². The molecule has 1 amide bonds. The monoisotopic (exact) mass is 397 g/mol. The molecule has 1 N–H and O–H groups in total. The van der Waals surface area contributed by atoms with Gasteiger partial charge in [0.2, 0.25) is 5.91 Å². The molecule has 158 valence electrons. The number of nitrogens with zero attached hydrogens (tertiary/aromatic N) is 2. The molecule has 0 bridgehead atoms. The lowest BCUT2D eigenvalue weighted by Gasteiger charge is -2.34. The van der Waals surface area contributed by atoms with E-state index in [1.54, 1.807) is 0 Å². The summed E-state index contributed by atoms with van der Waals surface area (Å²) in [5.74, 6) is 1.55. The summed E-state index contributed by atoms with van der Waals surface area (Å²) in [6, 6.07) is 9.60. The van der Waals surface area contributed by atoms with Gasteiger partial charge in [-0.2, -0.15) is 0 Å². The van der Waals surface area contributed by atoms with E-state index in [1.807, 2.05) is 13.8 Å². The number of carbonyl (C=O) groups is 1. The van der Waals surface area contributed by atoms with Gasteiger partial charge in [-0.05, 0) is 83.5 Å². The lowest BCUT2D eigenvalue weighted by Crippen LogP contribution is -2.38. The number of amides is 1. The summed E-state index contributed by atoms with van der Waals surface area (Å²) in [4.78, 5) is 14.7. The van der Waals surface area contributed by atoms with Crippen LogP contribution in [-0.4, -0.2) is 41.6 Å².